The predicted octanol–water partition coefficient (Wildman–Crippen LogP) is 16.7. The molecule has 9 heteroatoms. The molecule has 67 heavy (non-hydrogen) atoms. The molecule has 0 aromatic heterocycles. The Bertz CT molecular complexity index is 1190. The number of likely N-dealkylation sites (N-methyl/N-ethyl adjacent to an activating group) is 1. The average molecular weight is 966 g/mol. The Morgan fingerprint density at radius 2 is 0.866 bits per heavy atom. The van der Waals surface area contributed by atoms with Crippen LogP contribution in [0, 0.1) is 0 Å². The zero-order valence-corrected chi connectivity index (χ0v) is 46.0. The van der Waals surface area contributed by atoms with Crippen molar-refractivity contribution in [2.75, 3.05) is 40.9 Å². The summed E-state index contributed by atoms with van der Waals surface area (Å²) < 4.78 is 23.3. The minimum atomic E-state index is -4.60. The molecule has 0 aliphatic rings. The fraction of sp³-hybridized carbons (Fsp3) is 0.879. The van der Waals surface area contributed by atoms with Gasteiger partial charge in [-0.25, -0.2) is 0 Å². The second-order valence-electron chi connectivity index (χ2n) is 21.0. The van der Waals surface area contributed by atoms with E-state index in [2.05, 4.69) is 43.5 Å². The summed E-state index contributed by atoms with van der Waals surface area (Å²) in [6.45, 7) is 4.65. The molecule has 0 saturated heterocycles. The van der Waals surface area contributed by atoms with Gasteiger partial charge < -0.3 is 28.8 Å². The first-order chi connectivity index (χ1) is 32.5. The Morgan fingerprint density at radius 1 is 0.522 bits per heavy atom. The Morgan fingerprint density at radius 3 is 1.25 bits per heavy atom. The number of carbonyl (C=O) groups is 1. The van der Waals surface area contributed by atoms with Crippen molar-refractivity contribution in [1.82, 2.24) is 5.32 Å². The van der Waals surface area contributed by atoms with E-state index in [-0.39, 0.29) is 19.1 Å². The van der Waals surface area contributed by atoms with Crippen molar-refractivity contribution in [3.05, 3.63) is 36.5 Å². The fourth-order valence-corrected chi connectivity index (χ4v) is 9.26. The van der Waals surface area contributed by atoms with Crippen LogP contribution in [0.3, 0.4) is 0 Å². The first-order valence-electron chi connectivity index (χ1n) is 28.9. The van der Waals surface area contributed by atoms with Gasteiger partial charge in [0.25, 0.3) is 7.82 Å². The van der Waals surface area contributed by atoms with Crippen molar-refractivity contribution in [2.24, 2.45) is 0 Å². The molecule has 0 heterocycles. The number of phosphoric acid groups is 1. The van der Waals surface area contributed by atoms with Crippen molar-refractivity contribution in [3.8, 4) is 0 Å². The standard InChI is InChI=1S/C58H113N2O6P/c1-6-8-10-12-14-16-18-20-22-24-25-26-27-28-29-30-31-32-33-34-35-36-37-39-41-43-45-47-49-51-57(61)56(55-66-67(63,64)65-54-53-60(3,4)5)59-58(62)52-50-48-46-44-42-40-38-23-21-19-17-15-13-11-9-7-2/h17,19,23,38,49,51,56-57,61H,6-16,18,20-22,24-37,39-48,50,52-55H2,1-5H3,(H-,59,62,63,64)/b19-17-,38-23-,51-49+. The summed E-state index contributed by atoms with van der Waals surface area (Å²) in [4.78, 5) is 25.4. The normalized spacial score (nSPS) is 14.2. The number of quaternary nitrogens is 1. The smallest absolute Gasteiger partial charge is 0.268 e. The van der Waals surface area contributed by atoms with Gasteiger partial charge in [-0.1, -0.05) is 256 Å². The fourth-order valence-electron chi connectivity index (χ4n) is 8.54. The number of rotatable bonds is 53. The Hall–Kier alpha value is -1.28. The highest BCUT2D eigenvalue weighted by Crippen LogP contribution is 2.38. The number of amides is 1. The first-order valence-corrected chi connectivity index (χ1v) is 30.3. The van der Waals surface area contributed by atoms with Crippen LogP contribution in [0.15, 0.2) is 36.5 Å². The van der Waals surface area contributed by atoms with Crippen LogP contribution < -0.4 is 10.2 Å². The third-order valence-corrected chi connectivity index (χ3v) is 14.1. The minimum absolute atomic E-state index is 0.00367. The molecule has 3 atom stereocenters. The number of nitrogens with zero attached hydrogens (tertiary/aromatic N) is 1. The molecule has 0 aromatic carbocycles. The highest BCUT2D eigenvalue weighted by Gasteiger charge is 2.23. The van der Waals surface area contributed by atoms with Crippen LogP contribution in [0.2, 0.25) is 0 Å². The number of unbranched alkanes of at least 4 members (excludes halogenated alkanes) is 36. The number of allylic oxidation sites excluding steroid dienone is 5. The second-order valence-corrected chi connectivity index (χ2v) is 22.4. The summed E-state index contributed by atoms with van der Waals surface area (Å²) in [6.07, 6.45) is 63.7. The molecule has 2 N–H and O–H groups in total. The van der Waals surface area contributed by atoms with Gasteiger partial charge in [0.05, 0.1) is 39.9 Å². The van der Waals surface area contributed by atoms with E-state index in [4.69, 9.17) is 9.05 Å². The lowest BCUT2D eigenvalue weighted by Crippen LogP contribution is -2.45. The highest BCUT2D eigenvalue weighted by atomic mass is 31.2. The van der Waals surface area contributed by atoms with E-state index in [1.165, 1.54) is 193 Å². The molecule has 0 saturated carbocycles. The largest absolute Gasteiger partial charge is 0.756 e. The first kappa shape index (κ1) is 65.7. The van der Waals surface area contributed by atoms with Gasteiger partial charge in [0, 0.05) is 6.42 Å². The maximum Gasteiger partial charge on any atom is 0.268 e. The van der Waals surface area contributed by atoms with E-state index in [0.717, 1.165) is 64.2 Å². The molecule has 0 aliphatic carbocycles. The number of carbonyl (C=O) groups excluding carboxylic acids is 1. The molecule has 3 unspecified atom stereocenters. The number of phosphoric ester groups is 1. The van der Waals surface area contributed by atoms with Gasteiger partial charge in [0.15, 0.2) is 0 Å². The van der Waals surface area contributed by atoms with Crippen molar-refractivity contribution < 1.29 is 32.9 Å². The van der Waals surface area contributed by atoms with E-state index >= 15 is 0 Å². The quantitative estimate of drug-likeness (QED) is 0.0272. The summed E-state index contributed by atoms with van der Waals surface area (Å²) in [6, 6.07) is -0.894. The lowest BCUT2D eigenvalue weighted by Gasteiger charge is -2.29. The monoisotopic (exact) mass is 965 g/mol. The highest BCUT2D eigenvalue weighted by molar-refractivity contribution is 7.45. The number of aliphatic hydroxyl groups excluding tert-OH is 1. The van der Waals surface area contributed by atoms with Crippen molar-refractivity contribution in [3.63, 3.8) is 0 Å². The lowest BCUT2D eigenvalue weighted by atomic mass is 10.0. The Labute approximate surface area is 417 Å². The Kier molecular flexibility index (Phi) is 48.7. The van der Waals surface area contributed by atoms with Crippen LogP contribution in [0.25, 0.3) is 0 Å². The number of nitrogens with one attached hydrogen (secondary N) is 1. The predicted molar refractivity (Wildman–Crippen MR) is 288 cm³/mol. The summed E-state index contributed by atoms with van der Waals surface area (Å²) in [5.41, 5.74) is 0. The molecule has 0 radical (unpaired) electrons. The molecular weight excluding hydrogens is 852 g/mol. The summed E-state index contributed by atoms with van der Waals surface area (Å²) in [7, 11) is 1.26. The maximum absolute atomic E-state index is 12.9. The second kappa shape index (κ2) is 49.7. The van der Waals surface area contributed by atoms with Gasteiger partial charge in [-0.15, -0.1) is 0 Å². The van der Waals surface area contributed by atoms with Crippen molar-refractivity contribution >= 4 is 13.7 Å². The summed E-state index contributed by atoms with van der Waals surface area (Å²) in [5.74, 6) is -0.209. The summed E-state index contributed by atoms with van der Waals surface area (Å²) in [5, 5.41) is 13.9. The van der Waals surface area contributed by atoms with E-state index in [9.17, 15) is 19.4 Å². The van der Waals surface area contributed by atoms with Gasteiger partial charge in [0.2, 0.25) is 5.91 Å². The van der Waals surface area contributed by atoms with Crippen LogP contribution in [-0.2, 0) is 18.4 Å². The van der Waals surface area contributed by atoms with Crippen molar-refractivity contribution in [1.29, 1.82) is 0 Å². The zero-order chi connectivity index (χ0) is 49.2. The molecule has 0 fully saturated rings. The van der Waals surface area contributed by atoms with E-state index < -0.39 is 20.0 Å². The van der Waals surface area contributed by atoms with Crippen LogP contribution in [0.4, 0.5) is 0 Å². The van der Waals surface area contributed by atoms with E-state index in [1.807, 2.05) is 27.2 Å². The minimum Gasteiger partial charge on any atom is -0.756 e. The number of hydrogen-bond donors (Lipinski definition) is 2. The Balaban J connectivity index is 4.15. The molecule has 0 rings (SSSR count). The molecule has 0 aromatic rings. The third-order valence-electron chi connectivity index (χ3n) is 13.1. The lowest BCUT2D eigenvalue weighted by molar-refractivity contribution is -0.870. The van der Waals surface area contributed by atoms with Gasteiger partial charge >= 0.3 is 0 Å². The van der Waals surface area contributed by atoms with Gasteiger partial charge in [-0.05, 0) is 51.4 Å². The SMILES string of the molecule is CCCCCC/C=C\C/C=C\CCCCCCCC(=O)NC(COP(=O)([O-])OCC[N+](C)(C)C)C(O)/C=C/CCCCCCCCCCCCCCCCCCCCCCCCCCCCC. The van der Waals surface area contributed by atoms with Gasteiger partial charge in [-0.3, -0.25) is 9.36 Å². The van der Waals surface area contributed by atoms with Crippen LogP contribution in [0.1, 0.15) is 277 Å². The van der Waals surface area contributed by atoms with E-state index in [1.54, 1.807) is 6.08 Å². The van der Waals surface area contributed by atoms with Gasteiger partial charge in [-0.2, -0.15) is 0 Å². The maximum atomic E-state index is 12.9. The molecule has 0 aliphatic heterocycles. The molecule has 396 valence electrons. The topological polar surface area (TPSA) is 108 Å². The third kappa shape index (κ3) is 52.4. The van der Waals surface area contributed by atoms with Crippen LogP contribution >= 0.6 is 7.82 Å². The summed E-state index contributed by atoms with van der Waals surface area (Å²) >= 11 is 0. The molecule has 8 nitrogen and oxygen atoms in total. The van der Waals surface area contributed by atoms with Crippen LogP contribution in [0.5, 0.6) is 0 Å². The average Bonchev–Trinajstić information content (AvgIpc) is 3.29. The van der Waals surface area contributed by atoms with E-state index in [0.29, 0.717) is 17.4 Å². The van der Waals surface area contributed by atoms with Gasteiger partial charge in [0.1, 0.15) is 13.2 Å². The molecule has 0 bridgehead atoms. The molecule has 1 amide bonds. The number of aliphatic hydroxyl groups is 1. The zero-order valence-electron chi connectivity index (χ0n) is 45.1. The number of hydrogen-bond acceptors (Lipinski definition) is 6. The molecular formula is C58H113N2O6P. The molecule has 0 spiro atoms. The van der Waals surface area contributed by atoms with Crippen molar-refractivity contribution in [2.45, 2.75) is 289 Å². The van der Waals surface area contributed by atoms with Crippen LogP contribution in [-0.4, -0.2) is 68.5 Å².